The number of hydrogen-bond donors (Lipinski definition) is 3. The molecule has 0 fully saturated rings. The monoisotopic (exact) mass is 557 g/mol. The van der Waals surface area contributed by atoms with Crippen LogP contribution >= 0.6 is 0 Å². The summed E-state index contributed by atoms with van der Waals surface area (Å²) in [5, 5.41) is 23.3. The number of amides is 1. The van der Waals surface area contributed by atoms with Crippen LogP contribution in [-0.2, 0) is 27.8 Å². The van der Waals surface area contributed by atoms with Crippen LogP contribution in [-0.4, -0.2) is 66.4 Å². The zero-order valence-corrected chi connectivity index (χ0v) is 23.0. The quantitative estimate of drug-likeness (QED) is 0.291. The molecule has 0 bridgehead atoms. The van der Waals surface area contributed by atoms with E-state index in [1.807, 2.05) is 44.2 Å². The minimum Gasteiger partial charge on any atom is -0.497 e. The van der Waals surface area contributed by atoms with Gasteiger partial charge in [-0.1, -0.05) is 44.2 Å². The number of aromatic hydroxyl groups is 1. The molecule has 39 heavy (non-hydrogen) atoms. The topological polar surface area (TPSA) is 138 Å². The first kappa shape index (κ1) is 29.9. The number of methoxy groups -OCH3 is 1. The third-order valence-corrected chi connectivity index (χ3v) is 7.75. The maximum atomic E-state index is 13.5. The van der Waals surface area contributed by atoms with Crippen molar-refractivity contribution in [2.75, 3.05) is 20.2 Å². The number of aliphatic hydroxyl groups excluding tert-OH is 1. The lowest BCUT2D eigenvalue weighted by atomic mass is 10.0. The van der Waals surface area contributed by atoms with Gasteiger partial charge >= 0.3 is 6.09 Å². The Morgan fingerprint density at radius 3 is 2.28 bits per heavy atom. The summed E-state index contributed by atoms with van der Waals surface area (Å²) in [6.45, 7) is 3.60. The Labute approximate surface area is 229 Å². The number of aromatic nitrogens is 1. The molecular weight excluding hydrogens is 522 g/mol. The van der Waals surface area contributed by atoms with Crippen molar-refractivity contribution in [2.45, 2.75) is 43.9 Å². The van der Waals surface area contributed by atoms with E-state index < -0.39 is 28.3 Å². The largest absolute Gasteiger partial charge is 0.497 e. The number of nitrogens with zero attached hydrogens (tertiary/aromatic N) is 2. The van der Waals surface area contributed by atoms with E-state index in [-0.39, 0.29) is 42.8 Å². The zero-order chi connectivity index (χ0) is 28.4. The summed E-state index contributed by atoms with van der Waals surface area (Å²) >= 11 is 0. The van der Waals surface area contributed by atoms with Gasteiger partial charge in [-0.3, -0.25) is 0 Å². The minimum absolute atomic E-state index is 0.0189. The van der Waals surface area contributed by atoms with Crippen molar-refractivity contribution in [3.63, 3.8) is 0 Å². The van der Waals surface area contributed by atoms with Crippen LogP contribution < -0.4 is 10.1 Å². The van der Waals surface area contributed by atoms with Gasteiger partial charge in [0.1, 0.15) is 12.4 Å². The number of carbonyl (C=O) groups is 1. The Kier molecular flexibility index (Phi) is 10.7. The van der Waals surface area contributed by atoms with Crippen LogP contribution in [0.4, 0.5) is 4.79 Å². The number of aliphatic hydroxyl groups is 1. The maximum absolute atomic E-state index is 13.5. The SMILES string of the molecule is COc1ccc(S(=O)(=O)N(CC(C)C)C[C@@H](O)[C@H](Cc2ccccc2)NC(=O)OCc2ccc(O)nc2)cc1. The summed E-state index contributed by atoms with van der Waals surface area (Å²) in [5.74, 6) is 0.359. The molecule has 1 heterocycles. The highest BCUT2D eigenvalue weighted by Crippen LogP contribution is 2.22. The molecule has 1 amide bonds. The highest BCUT2D eigenvalue weighted by molar-refractivity contribution is 7.89. The zero-order valence-electron chi connectivity index (χ0n) is 22.2. The molecule has 0 radical (unpaired) electrons. The van der Waals surface area contributed by atoms with E-state index in [0.29, 0.717) is 11.3 Å². The summed E-state index contributed by atoms with van der Waals surface area (Å²) in [6, 6.07) is 17.4. The third kappa shape index (κ3) is 8.95. The first-order valence-electron chi connectivity index (χ1n) is 12.5. The predicted octanol–water partition coefficient (Wildman–Crippen LogP) is 3.34. The molecule has 0 aliphatic heterocycles. The van der Waals surface area contributed by atoms with E-state index in [1.54, 1.807) is 18.2 Å². The first-order chi connectivity index (χ1) is 18.6. The molecule has 11 heteroatoms. The van der Waals surface area contributed by atoms with E-state index in [0.717, 1.165) is 5.56 Å². The Balaban J connectivity index is 1.78. The molecule has 0 saturated heterocycles. The summed E-state index contributed by atoms with van der Waals surface area (Å²) in [6.07, 6.45) is -0.403. The number of carbonyl (C=O) groups excluding carboxylic acids is 1. The molecule has 3 aromatic rings. The van der Waals surface area contributed by atoms with E-state index in [1.165, 1.54) is 35.8 Å². The van der Waals surface area contributed by atoms with Crippen LogP contribution in [0.2, 0.25) is 0 Å². The summed E-state index contributed by atoms with van der Waals surface area (Å²) in [4.78, 5) is 16.5. The van der Waals surface area contributed by atoms with Crippen molar-refractivity contribution >= 4 is 16.1 Å². The Bertz CT molecular complexity index is 1280. The number of pyridine rings is 1. The van der Waals surface area contributed by atoms with Gasteiger partial charge in [0.2, 0.25) is 15.9 Å². The molecule has 0 aliphatic rings. The molecule has 0 unspecified atom stereocenters. The number of nitrogens with one attached hydrogen (secondary N) is 1. The highest BCUT2D eigenvalue weighted by atomic mass is 32.2. The van der Waals surface area contributed by atoms with Gasteiger partial charge in [0, 0.05) is 30.9 Å². The van der Waals surface area contributed by atoms with Gasteiger partial charge in [-0.25, -0.2) is 18.2 Å². The van der Waals surface area contributed by atoms with Gasteiger partial charge < -0.3 is 25.0 Å². The molecule has 3 rings (SSSR count). The Hall–Kier alpha value is -3.67. The number of sulfonamides is 1. The lowest BCUT2D eigenvalue weighted by Crippen LogP contribution is -2.51. The van der Waals surface area contributed by atoms with Crippen molar-refractivity contribution < 1.29 is 32.9 Å². The van der Waals surface area contributed by atoms with Crippen molar-refractivity contribution in [2.24, 2.45) is 5.92 Å². The summed E-state index contributed by atoms with van der Waals surface area (Å²) in [7, 11) is -2.46. The second-order valence-corrected chi connectivity index (χ2v) is 11.4. The minimum atomic E-state index is -3.95. The fraction of sp³-hybridized carbons (Fsp3) is 0.357. The van der Waals surface area contributed by atoms with Gasteiger partial charge in [0.15, 0.2) is 0 Å². The molecule has 10 nitrogen and oxygen atoms in total. The molecule has 0 saturated carbocycles. The Morgan fingerprint density at radius 1 is 1.00 bits per heavy atom. The summed E-state index contributed by atoms with van der Waals surface area (Å²) < 4.78 is 38.7. The van der Waals surface area contributed by atoms with Crippen LogP contribution in [0.5, 0.6) is 11.6 Å². The van der Waals surface area contributed by atoms with E-state index in [4.69, 9.17) is 9.47 Å². The number of rotatable bonds is 13. The van der Waals surface area contributed by atoms with Gasteiger partial charge in [-0.15, -0.1) is 0 Å². The van der Waals surface area contributed by atoms with Crippen LogP contribution in [0.25, 0.3) is 0 Å². The second-order valence-electron chi connectivity index (χ2n) is 9.50. The number of hydrogen-bond acceptors (Lipinski definition) is 8. The fourth-order valence-corrected chi connectivity index (χ4v) is 5.53. The first-order valence-corrected chi connectivity index (χ1v) is 14.0. The van der Waals surface area contributed by atoms with Gasteiger partial charge in [0.25, 0.3) is 0 Å². The van der Waals surface area contributed by atoms with Crippen molar-refractivity contribution in [1.82, 2.24) is 14.6 Å². The van der Waals surface area contributed by atoms with Crippen molar-refractivity contribution in [3.8, 4) is 11.6 Å². The van der Waals surface area contributed by atoms with E-state index in [9.17, 15) is 23.4 Å². The average Bonchev–Trinajstić information content (AvgIpc) is 2.92. The molecule has 0 aliphatic carbocycles. The third-order valence-electron chi connectivity index (χ3n) is 5.90. The number of ether oxygens (including phenoxy) is 2. The van der Waals surface area contributed by atoms with E-state index in [2.05, 4.69) is 10.3 Å². The predicted molar refractivity (Wildman–Crippen MR) is 146 cm³/mol. The molecule has 0 spiro atoms. The van der Waals surface area contributed by atoms with Crippen LogP contribution in [0.1, 0.15) is 25.0 Å². The molecular formula is C28H35N3O7S. The molecule has 2 aromatic carbocycles. The van der Waals surface area contributed by atoms with Gasteiger partial charge in [-0.05, 0) is 48.2 Å². The standard InChI is InChI=1S/C28H35N3O7S/c1-20(2)17-31(39(35,36)24-12-10-23(37-3)11-13-24)18-26(32)25(15-21-7-5-4-6-8-21)30-28(34)38-19-22-9-14-27(33)29-16-22/h4-14,16,20,25-26,32H,15,17-19H2,1-3H3,(H,29,33)(H,30,34)/t25-,26+/m0/s1. The lowest BCUT2D eigenvalue weighted by Gasteiger charge is -2.30. The van der Waals surface area contributed by atoms with Crippen molar-refractivity contribution in [1.29, 1.82) is 0 Å². The number of alkyl carbamates (subject to hydrolysis) is 1. The highest BCUT2D eigenvalue weighted by Gasteiger charge is 2.31. The average molecular weight is 558 g/mol. The molecule has 210 valence electrons. The lowest BCUT2D eigenvalue weighted by molar-refractivity contribution is 0.0873. The van der Waals surface area contributed by atoms with Gasteiger partial charge in [-0.2, -0.15) is 4.31 Å². The van der Waals surface area contributed by atoms with Crippen LogP contribution in [0.15, 0.2) is 77.8 Å². The van der Waals surface area contributed by atoms with E-state index >= 15 is 0 Å². The molecule has 1 aromatic heterocycles. The maximum Gasteiger partial charge on any atom is 0.407 e. The summed E-state index contributed by atoms with van der Waals surface area (Å²) in [5.41, 5.74) is 1.41. The van der Waals surface area contributed by atoms with Crippen molar-refractivity contribution in [3.05, 3.63) is 84.1 Å². The fourth-order valence-electron chi connectivity index (χ4n) is 3.91. The number of benzene rings is 2. The second kappa shape index (κ2) is 13.9. The normalized spacial score (nSPS) is 13.2. The van der Waals surface area contributed by atoms with Crippen LogP contribution in [0, 0.1) is 5.92 Å². The molecule has 2 atom stereocenters. The van der Waals surface area contributed by atoms with Crippen LogP contribution in [0.3, 0.4) is 0 Å². The van der Waals surface area contributed by atoms with Gasteiger partial charge in [0.05, 0.1) is 24.2 Å². The molecule has 3 N–H and O–H groups in total. The Morgan fingerprint density at radius 2 is 1.69 bits per heavy atom. The smallest absolute Gasteiger partial charge is 0.407 e.